The number of hydrogen-bond acceptors (Lipinski definition) is 5. The van der Waals surface area contributed by atoms with Crippen LogP contribution in [0.2, 0.25) is 0 Å². The number of hydrogen-bond donors (Lipinski definition) is 2. The van der Waals surface area contributed by atoms with Crippen LogP contribution in [0, 0.1) is 5.92 Å². The number of nitrogens with zero attached hydrogens (tertiary/aromatic N) is 2. The zero-order valence-corrected chi connectivity index (χ0v) is 16.8. The molecule has 3 aliphatic rings. The van der Waals surface area contributed by atoms with Crippen LogP contribution >= 0.6 is 11.3 Å². The van der Waals surface area contributed by atoms with E-state index in [2.05, 4.69) is 27.5 Å². The Morgan fingerprint density at radius 2 is 2.22 bits per heavy atom. The third kappa shape index (κ3) is 4.52. The van der Waals surface area contributed by atoms with Crippen LogP contribution in [0.4, 0.5) is 0 Å². The number of likely N-dealkylation sites (N-methyl/N-ethyl adjacent to an activating group) is 1. The van der Waals surface area contributed by atoms with Crippen molar-refractivity contribution in [3.63, 3.8) is 0 Å². The van der Waals surface area contributed by atoms with Gasteiger partial charge in [-0.1, -0.05) is 6.07 Å². The third-order valence-electron chi connectivity index (χ3n) is 6.28. The first-order valence-corrected chi connectivity index (χ1v) is 11.0. The van der Waals surface area contributed by atoms with Crippen LogP contribution in [0.3, 0.4) is 0 Å². The first-order chi connectivity index (χ1) is 13.1. The molecule has 3 heterocycles. The van der Waals surface area contributed by atoms with Crippen molar-refractivity contribution in [1.29, 1.82) is 0 Å². The first-order valence-electron chi connectivity index (χ1n) is 10.1. The summed E-state index contributed by atoms with van der Waals surface area (Å²) >= 11 is 1.66. The summed E-state index contributed by atoms with van der Waals surface area (Å²) in [4.78, 5) is 30.9. The van der Waals surface area contributed by atoms with Crippen molar-refractivity contribution in [1.82, 2.24) is 20.4 Å². The molecule has 27 heavy (non-hydrogen) atoms. The lowest BCUT2D eigenvalue weighted by molar-refractivity contribution is -0.126. The van der Waals surface area contributed by atoms with Crippen molar-refractivity contribution in [3.05, 3.63) is 22.4 Å². The molecule has 1 aromatic heterocycles. The Kier molecular flexibility index (Phi) is 5.80. The van der Waals surface area contributed by atoms with E-state index in [-0.39, 0.29) is 29.9 Å². The molecule has 2 N–H and O–H groups in total. The van der Waals surface area contributed by atoms with Gasteiger partial charge in [-0.3, -0.25) is 19.4 Å². The molecule has 0 unspecified atom stereocenters. The van der Waals surface area contributed by atoms with Gasteiger partial charge < -0.3 is 10.6 Å². The van der Waals surface area contributed by atoms with E-state index in [0.717, 1.165) is 31.8 Å². The second-order valence-corrected chi connectivity index (χ2v) is 9.23. The maximum Gasteiger partial charge on any atom is 0.239 e. The molecule has 3 fully saturated rings. The van der Waals surface area contributed by atoms with Crippen molar-refractivity contribution in [2.75, 3.05) is 26.7 Å². The summed E-state index contributed by atoms with van der Waals surface area (Å²) in [6.45, 7) is 3.32. The summed E-state index contributed by atoms with van der Waals surface area (Å²) in [5, 5.41) is 8.17. The van der Waals surface area contributed by atoms with Crippen molar-refractivity contribution in [3.8, 4) is 0 Å². The first kappa shape index (κ1) is 18.9. The number of carbonyl (C=O) groups is 2. The molecule has 7 heteroatoms. The minimum Gasteiger partial charge on any atom is -0.353 e. The van der Waals surface area contributed by atoms with Crippen LogP contribution in [0.5, 0.6) is 0 Å². The summed E-state index contributed by atoms with van der Waals surface area (Å²) in [6.07, 6.45) is 4.95. The summed E-state index contributed by atoms with van der Waals surface area (Å²) < 4.78 is 0. The van der Waals surface area contributed by atoms with Crippen molar-refractivity contribution < 1.29 is 9.59 Å². The quantitative estimate of drug-likeness (QED) is 0.739. The van der Waals surface area contributed by atoms with Gasteiger partial charge in [0.2, 0.25) is 11.8 Å². The van der Waals surface area contributed by atoms with E-state index in [1.54, 1.807) is 11.3 Å². The second kappa shape index (κ2) is 8.29. The maximum absolute atomic E-state index is 12.7. The average molecular weight is 391 g/mol. The highest BCUT2D eigenvalue weighted by Gasteiger charge is 2.46. The molecule has 0 radical (unpaired) electrons. The number of fused-ring (bicyclic) bond motifs is 1. The minimum absolute atomic E-state index is 0.0201. The maximum atomic E-state index is 12.7. The van der Waals surface area contributed by atoms with Crippen LogP contribution < -0.4 is 10.6 Å². The van der Waals surface area contributed by atoms with Crippen molar-refractivity contribution >= 4 is 23.2 Å². The fourth-order valence-corrected chi connectivity index (χ4v) is 5.12. The normalized spacial score (nSPS) is 29.2. The molecule has 0 spiro atoms. The van der Waals surface area contributed by atoms with E-state index in [4.69, 9.17) is 0 Å². The van der Waals surface area contributed by atoms with E-state index in [0.29, 0.717) is 19.5 Å². The standard InChI is InChI=1S/C20H30N4O2S/c1-23-15(6-7-18(25)21-12-16-3-2-10-27-16)11-22-20(26)19-17(23)8-9-24(19)13-14-4-5-14/h2-3,10,14-15,17,19H,4-9,11-13H2,1H3,(H,21,25)(H,22,26)/t15-,17-,19-/m0/s1. The van der Waals surface area contributed by atoms with Crippen molar-refractivity contribution in [2.45, 2.75) is 56.8 Å². The Bertz CT molecular complexity index is 661. The molecule has 3 atom stereocenters. The van der Waals surface area contributed by atoms with Gasteiger partial charge in [0, 0.05) is 43.0 Å². The number of nitrogens with one attached hydrogen (secondary N) is 2. The zero-order valence-electron chi connectivity index (χ0n) is 16.0. The lowest BCUT2D eigenvalue weighted by Crippen LogP contribution is -2.50. The van der Waals surface area contributed by atoms with Gasteiger partial charge in [-0.15, -0.1) is 11.3 Å². The van der Waals surface area contributed by atoms with Crippen molar-refractivity contribution in [2.24, 2.45) is 5.92 Å². The largest absolute Gasteiger partial charge is 0.353 e. The van der Waals surface area contributed by atoms with Gasteiger partial charge in [0.15, 0.2) is 0 Å². The van der Waals surface area contributed by atoms with Crippen LogP contribution in [0.15, 0.2) is 17.5 Å². The Morgan fingerprint density at radius 3 is 2.96 bits per heavy atom. The predicted octanol–water partition coefficient (Wildman–Crippen LogP) is 1.43. The van der Waals surface area contributed by atoms with E-state index >= 15 is 0 Å². The lowest BCUT2D eigenvalue weighted by Gasteiger charge is -2.33. The molecule has 0 aromatic carbocycles. The number of carbonyl (C=O) groups excluding carboxylic acids is 2. The Balaban J connectivity index is 1.30. The van der Waals surface area contributed by atoms with Gasteiger partial charge in [-0.25, -0.2) is 0 Å². The molecule has 2 saturated heterocycles. The minimum atomic E-state index is -0.0201. The monoisotopic (exact) mass is 390 g/mol. The van der Waals surface area contributed by atoms with E-state index in [1.165, 1.54) is 17.7 Å². The SMILES string of the molecule is CN1[C@@H](CCC(=O)NCc2cccs2)CNC(=O)[C@@H]2[C@@H]1CCN2CC1CC1. The smallest absolute Gasteiger partial charge is 0.239 e. The Labute approximate surface area is 165 Å². The molecular weight excluding hydrogens is 360 g/mol. The average Bonchev–Trinajstić information content (AvgIpc) is 3.18. The predicted molar refractivity (Wildman–Crippen MR) is 106 cm³/mol. The highest BCUT2D eigenvalue weighted by atomic mass is 32.1. The highest BCUT2D eigenvalue weighted by Crippen LogP contribution is 2.34. The fourth-order valence-electron chi connectivity index (χ4n) is 4.47. The molecule has 4 rings (SSSR count). The number of likely N-dealkylation sites (tertiary alicyclic amines) is 1. The van der Waals surface area contributed by atoms with Gasteiger partial charge in [-0.05, 0) is 50.1 Å². The van der Waals surface area contributed by atoms with E-state index < -0.39 is 0 Å². The van der Waals surface area contributed by atoms with Gasteiger partial charge in [0.05, 0.1) is 6.54 Å². The van der Waals surface area contributed by atoms with Gasteiger partial charge in [0.1, 0.15) is 6.04 Å². The summed E-state index contributed by atoms with van der Waals surface area (Å²) in [6, 6.07) is 4.50. The van der Waals surface area contributed by atoms with E-state index in [9.17, 15) is 9.59 Å². The molecule has 2 aliphatic heterocycles. The Morgan fingerprint density at radius 1 is 1.37 bits per heavy atom. The van der Waals surface area contributed by atoms with Crippen LogP contribution in [0.1, 0.15) is 37.0 Å². The molecule has 1 aliphatic carbocycles. The number of amides is 2. The molecular formula is C20H30N4O2S. The third-order valence-corrected chi connectivity index (χ3v) is 7.16. The van der Waals surface area contributed by atoms with Gasteiger partial charge in [0.25, 0.3) is 0 Å². The number of rotatable bonds is 7. The summed E-state index contributed by atoms with van der Waals surface area (Å²) in [7, 11) is 2.13. The van der Waals surface area contributed by atoms with Gasteiger partial charge in [-0.2, -0.15) is 0 Å². The molecule has 6 nitrogen and oxygen atoms in total. The summed E-state index contributed by atoms with van der Waals surface area (Å²) in [5.41, 5.74) is 0. The lowest BCUT2D eigenvalue weighted by atomic mass is 10.0. The molecule has 148 valence electrons. The fraction of sp³-hybridized carbons (Fsp3) is 0.700. The van der Waals surface area contributed by atoms with Gasteiger partial charge >= 0.3 is 0 Å². The molecule has 1 saturated carbocycles. The second-order valence-electron chi connectivity index (χ2n) is 8.20. The topological polar surface area (TPSA) is 64.7 Å². The molecule has 0 bridgehead atoms. The molecule has 2 amide bonds. The highest BCUT2D eigenvalue weighted by molar-refractivity contribution is 7.09. The van der Waals surface area contributed by atoms with Crippen LogP contribution in [-0.2, 0) is 16.1 Å². The van der Waals surface area contributed by atoms with Crippen LogP contribution in [-0.4, -0.2) is 66.4 Å². The summed E-state index contributed by atoms with van der Waals surface area (Å²) in [5.74, 6) is 1.06. The Hall–Kier alpha value is -1.44. The van der Waals surface area contributed by atoms with Crippen LogP contribution in [0.25, 0.3) is 0 Å². The molecule has 1 aromatic rings. The van der Waals surface area contributed by atoms with E-state index in [1.807, 2.05) is 17.5 Å². The number of thiophene rings is 1. The zero-order chi connectivity index (χ0) is 18.8.